The van der Waals surface area contributed by atoms with E-state index in [2.05, 4.69) is 47.6 Å². The Morgan fingerprint density at radius 3 is 2.53 bits per heavy atom. The van der Waals surface area contributed by atoms with Crippen molar-refractivity contribution in [3.8, 4) is 0 Å². The largest absolute Gasteiger partial charge is 0.370 e. The first kappa shape index (κ1) is 11.6. The fourth-order valence-electron chi connectivity index (χ4n) is 1.83. The van der Waals surface area contributed by atoms with Gasteiger partial charge in [-0.2, -0.15) is 0 Å². The molecule has 0 aliphatic rings. The van der Waals surface area contributed by atoms with Crippen LogP contribution >= 0.6 is 0 Å². The second kappa shape index (κ2) is 6.04. The van der Waals surface area contributed by atoms with Gasteiger partial charge in [-0.1, -0.05) is 43.3 Å². The van der Waals surface area contributed by atoms with Gasteiger partial charge in [-0.15, -0.1) is 0 Å². The van der Waals surface area contributed by atoms with E-state index < -0.39 is 0 Å². The smallest absolute Gasteiger partial charge is 0.125 e. The molecule has 0 spiro atoms. The molecule has 0 radical (unpaired) electrons. The van der Waals surface area contributed by atoms with Gasteiger partial charge in [0.2, 0.25) is 0 Å². The van der Waals surface area contributed by atoms with Crippen molar-refractivity contribution >= 4 is 5.82 Å². The summed E-state index contributed by atoms with van der Waals surface area (Å²) in [5.74, 6) is 1.53. The second-order valence-electron chi connectivity index (χ2n) is 4.24. The molecule has 0 aliphatic heterocycles. The molecule has 0 fully saturated rings. The van der Waals surface area contributed by atoms with E-state index in [1.165, 1.54) is 5.56 Å². The third kappa shape index (κ3) is 3.59. The molecule has 0 saturated carbocycles. The molecule has 88 valence electrons. The molecule has 1 aromatic carbocycles. The normalized spacial score (nSPS) is 12.1. The Kier molecular flexibility index (Phi) is 4.14. The van der Waals surface area contributed by atoms with E-state index in [0.29, 0.717) is 5.92 Å². The molecule has 1 heterocycles. The third-order valence-corrected chi connectivity index (χ3v) is 2.92. The van der Waals surface area contributed by atoms with E-state index in [1.54, 1.807) is 0 Å². The average molecular weight is 226 g/mol. The zero-order valence-corrected chi connectivity index (χ0v) is 10.1. The van der Waals surface area contributed by atoms with Crippen molar-refractivity contribution in [3.63, 3.8) is 0 Å². The van der Waals surface area contributed by atoms with Crippen LogP contribution in [0.1, 0.15) is 24.8 Å². The summed E-state index contributed by atoms with van der Waals surface area (Å²) >= 11 is 0. The molecule has 2 aromatic rings. The van der Waals surface area contributed by atoms with Crippen molar-refractivity contribution in [2.75, 3.05) is 11.9 Å². The number of aromatic nitrogens is 1. The van der Waals surface area contributed by atoms with Gasteiger partial charge in [0.1, 0.15) is 5.82 Å². The minimum Gasteiger partial charge on any atom is -0.370 e. The van der Waals surface area contributed by atoms with Crippen LogP contribution in [0.5, 0.6) is 0 Å². The summed E-state index contributed by atoms with van der Waals surface area (Å²) in [6.45, 7) is 3.21. The van der Waals surface area contributed by atoms with Crippen LogP contribution in [-0.4, -0.2) is 11.5 Å². The fraction of sp³-hybridized carbons (Fsp3) is 0.267. The molecule has 17 heavy (non-hydrogen) atoms. The topological polar surface area (TPSA) is 24.9 Å². The Morgan fingerprint density at radius 1 is 1.06 bits per heavy atom. The van der Waals surface area contributed by atoms with Gasteiger partial charge in [-0.05, 0) is 30.0 Å². The van der Waals surface area contributed by atoms with Gasteiger partial charge in [-0.3, -0.25) is 0 Å². The number of hydrogen-bond acceptors (Lipinski definition) is 2. The maximum atomic E-state index is 4.24. The third-order valence-electron chi connectivity index (χ3n) is 2.92. The highest BCUT2D eigenvalue weighted by Gasteiger charge is 2.03. The molecule has 2 heteroatoms. The van der Waals surface area contributed by atoms with Crippen molar-refractivity contribution in [1.29, 1.82) is 0 Å². The van der Waals surface area contributed by atoms with Crippen LogP contribution in [0, 0.1) is 0 Å². The summed E-state index contributed by atoms with van der Waals surface area (Å²) in [4.78, 5) is 4.24. The first-order valence-corrected chi connectivity index (χ1v) is 6.06. The Hall–Kier alpha value is -1.83. The summed E-state index contributed by atoms with van der Waals surface area (Å²) in [7, 11) is 0. The second-order valence-corrected chi connectivity index (χ2v) is 4.24. The quantitative estimate of drug-likeness (QED) is 0.841. The lowest BCUT2D eigenvalue weighted by Crippen LogP contribution is -2.06. The molecule has 2 nitrogen and oxygen atoms in total. The van der Waals surface area contributed by atoms with Crippen LogP contribution in [0.15, 0.2) is 54.7 Å². The Morgan fingerprint density at radius 2 is 1.82 bits per heavy atom. The summed E-state index contributed by atoms with van der Waals surface area (Å²) in [5.41, 5.74) is 1.40. The van der Waals surface area contributed by atoms with E-state index in [4.69, 9.17) is 0 Å². The van der Waals surface area contributed by atoms with E-state index in [-0.39, 0.29) is 0 Å². The summed E-state index contributed by atoms with van der Waals surface area (Å²) in [5, 5.41) is 3.33. The fourth-order valence-corrected chi connectivity index (χ4v) is 1.83. The Labute approximate surface area is 103 Å². The summed E-state index contributed by atoms with van der Waals surface area (Å²) in [6.07, 6.45) is 2.92. The van der Waals surface area contributed by atoms with Crippen molar-refractivity contribution in [1.82, 2.24) is 4.98 Å². The highest BCUT2D eigenvalue weighted by molar-refractivity contribution is 5.33. The monoisotopic (exact) mass is 226 g/mol. The summed E-state index contributed by atoms with van der Waals surface area (Å²) in [6, 6.07) is 16.5. The highest BCUT2D eigenvalue weighted by atomic mass is 15.0. The molecule has 1 unspecified atom stereocenters. The zero-order valence-electron chi connectivity index (χ0n) is 10.1. The number of nitrogens with one attached hydrogen (secondary N) is 1. The number of hydrogen-bond donors (Lipinski definition) is 1. The SMILES string of the molecule is CC(CCNc1ccccn1)c1ccccc1. The predicted molar refractivity (Wildman–Crippen MR) is 72.2 cm³/mol. The van der Waals surface area contributed by atoms with Crippen molar-refractivity contribution in [2.24, 2.45) is 0 Å². The number of nitrogens with zero attached hydrogens (tertiary/aromatic N) is 1. The number of rotatable bonds is 5. The van der Waals surface area contributed by atoms with Crippen LogP contribution in [0.4, 0.5) is 5.82 Å². The minimum absolute atomic E-state index is 0.576. The van der Waals surface area contributed by atoms with Gasteiger partial charge in [0.15, 0.2) is 0 Å². The van der Waals surface area contributed by atoms with Crippen LogP contribution in [0.3, 0.4) is 0 Å². The first-order valence-electron chi connectivity index (χ1n) is 6.06. The van der Waals surface area contributed by atoms with Crippen molar-refractivity contribution in [2.45, 2.75) is 19.3 Å². The van der Waals surface area contributed by atoms with Gasteiger partial charge in [0.25, 0.3) is 0 Å². The highest BCUT2D eigenvalue weighted by Crippen LogP contribution is 2.18. The average Bonchev–Trinajstić information content (AvgIpc) is 2.41. The van der Waals surface area contributed by atoms with E-state index in [0.717, 1.165) is 18.8 Å². The van der Waals surface area contributed by atoms with Crippen LogP contribution in [-0.2, 0) is 0 Å². The van der Waals surface area contributed by atoms with Crippen molar-refractivity contribution in [3.05, 3.63) is 60.3 Å². The molecule has 0 aliphatic carbocycles. The maximum Gasteiger partial charge on any atom is 0.125 e. The standard InChI is InChI=1S/C15H18N2/c1-13(14-7-3-2-4-8-14)10-12-17-15-9-5-6-11-16-15/h2-9,11,13H,10,12H2,1H3,(H,16,17). The number of benzene rings is 1. The Bertz CT molecular complexity index is 425. The molecule has 0 amide bonds. The predicted octanol–water partition coefficient (Wildman–Crippen LogP) is 3.69. The molecule has 1 atom stereocenters. The van der Waals surface area contributed by atoms with Crippen LogP contribution in [0.2, 0.25) is 0 Å². The number of anilines is 1. The van der Waals surface area contributed by atoms with E-state index in [9.17, 15) is 0 Å². The lowest BCUT2D eigenvalue weighted by atomic mass is 9.98. The van der Waals surface area contributed by atoms with Crippen LogP contribution in [0.25, 0.3) is 0 Å². The molecular weight excluding hydrogens is 208 g/mol. The lowest BCUT2D eigenvalue weighted by Gasteiger charge is -2.12. The summed E-state index contributed by atoms with van der Waals surface area (Å²) < 4.78 is 0. The van der Waals surface area contributed by atoms with Gasteiger partial charge >= 0.3 is 0 Å². The lowest BCUT2D eigenvalue weighted by molar-refractivity contribution is 0.705. The molecular formula is C15H18N2. The zero-order chi connectivity index (χ0) is 11.9. The molecule has 1 aromatic heterocycles. The maximum absolute atomic E-state index is 4.24. The van der Waals surface area contributed by atoms with E-state index in [1.807, 2.05) is 24.4 Å². The first-order chi connectivity index (χ1) is 8.36. The molecule has 1 N–H and O–H groups in total. The number of pyridine rings is 1. The molecule has 0 saturated heterocycles. The van der Waals surface area contributed by atoms with Gasteiger partial charge in [0, 0.05) is 12.7 Å². The van der Waals surface area contributed by atoms with Gasteiger partial charge < -0.3 is 5.32 Å². The molecule has 2 rings (SSSR count). The van der Waals surface area contributed by atoms with E-state index >= 15 is 0 Å². The van der Waals surface area contributed by atoms with Crippen LogP contribution < -0.4 is 5.32 Å². The molecule has 0 bridgehead atoms. The van der Waals surface area contributed by atoms with Gasteiger partial charge in [0.05, 0.1) is 0 Å². The minimum atomic E-state index is 0.576. The Balaban J connectivity index is 1.79. The van der Waals surface area contributed by atoms with Gasteiger partial charge in [-0.25, -0.2) is 4.98 Å². The van der Waals surface area contributed by atoms with Crippen molar-refractivity contribution < 1.29 is 0 Å².